The second-order valence-electron chi connectivity index (χ2n) is 5.32. The molecule has 1 atom stereocenters. The van der Waals surface area contributed by atoms with Gasteiger partial charge in [0.25, 0.3) is 0 Å². The van der Waals surface area contributed by atoms with Gasteiger partial charge >= 0.3 is 18.2 Å². The lowest BCUT2D eigenvalue weighted by atomic mass is 9.94. The number of allylic oxidation sites excluding steroid dienone is 1. The summed E-state index contributed by atoms with van der Waals surface area (Å²) in [6.45, 7) is 1.67. The number of hydrogen-bond acceptors (Lipinski definition) is 4. The molecule has 25 heavy (non-hydrogen) atoms. The van der Waals surface area contributed by atoms with Gasteiger partial charge in [0.05, 0.1) is 17.2 Å². The van der Waals surface area contributed by atoms with Crippen molar-refractivity contribution < 1.29 is 27.5 Å². The number of thioether (sulfide) groups is 1. The summed E-state index contributed by atoms with van der Waals surface area (Å²) in [7, 11) is 0. The number of esters is 1. The SMILES string of the molecule is CSCCOC(=O)C1=C(C)NC(=O)N[C@@H]1c1cccc(C(F)(F)F)c1. The number of halogens is 3. The van der Waals surface area contributed by atoms with E-state index < -0.39 is 29.8 Å². The minimum absolute atomic E-state index is 0.0834. The van der Waals surface area contributed by atoms with Crippen molar-refractivity contribution in [3.8, 4) is 0 Å². The number of hydrogen-bond donors (Lipinski definition) is 2. The summed E-state index contributed by atoms with van der Waals surface area (Å²) in [5, 5.41) is 4.93. The lowest BCUT2D eigenvalue weighted by Crippen LogP contribution is -2.45. The fraction of sp³-hybridized carbons (Fsp3) is 0.375. The van der Waals surface area contributed by atoms with Crippen LogP contribution in [0.15, 0.2) is 35.5 Å². The third-order valence-corrected chi connectivity index (χ3v) is 4.13. The summed E-state index contributed by atoms with van der Waals surface area (Å²) in [6.07, 6.45) is -2.67. The molecule has 136 valence electrons. The van der Waals surface area contributed by atoms with Gasteiger partial charge in [0.2, 0.25) is 0 Å². The van der Waals surface area contributed by atoms with Gasteiger partial charge in [-0.25, -0.2) is 9.59 Å². The Morgan fingerprint density at radius 2 is 2.08 bits per heavy atom. The van der Waals surface area contributed by atoms with Gasteiger partial charge < -0.3 is 15.4 Å². The second-order valence-corrected chi connectivity index (χ2v) is 6.31. The van der Waals surface area contributed by atoms with Crippen LogP contribution in [0.5, 0.6) is 0 Å². The molecule has 0 radical (unpaired) electrons. The average Bonchev–Trinajstić information content (AvgIpc) is 2.53. The van der Waals surface area contributed by atoms with Crippen molar-refractivity contribution in [3.05, 3.63) is 46.7 Å². The summed E-state index contributed by atoms with van der Waals surface area (Å²) in [5.74, 6) is -0.0898. The fourth-order valence-electron chi connectivity index (χ4n) is 2.40. The number of amides is 2. The van der Waals surface area contributed by atoms with E-state index >= 15 is 0 Å². The Bertz CT molecular complexity index is 704. The molecule has 1 aliphatic rings. The van der Waals surface area contributed by atoms with Crippen molar-refractivity contribution in [1.29, 1.82) is 0 Å². The standard InChI is InChI=1S/C16H17F3N2O3S/c1-9-12(14(22)24-6-7-25-2)13(21-15(23)20-9)10-4-3-5-11(8-10)16(17,18)19/h3-5,8,13H,6-7H2,1-2H3,(H2,20,21,23)/t13-/m1/s1. The van der Waals surface area contributed by atoms with Gasteiger partial charge in [-0.3, -0.25) is 0 Å². The topological polar surface area (TPSA) is 67.4 Å². The Labute approximate surface area is 147 Å². The molecule has 0 spiro atoms. The second kappa shape index (κ2) is 7.81. The molecule has 2 N–H and O–H groups in total. The van der Waals surface area contributed by atoms with Crippen molar-refractivity contribution in [2.24, 2.45) is 0 Å². The molecule has 0 bridgehead atoms. The van der Waals surface area contributed by atoms with E-state index in [4.69, 9.17) is 4.74 Å². The lowest BCUT2D eigenvalue weighted by Gasteiger charge is -2.28. The van der Waals surface area contributed by atoms with Crippen LogP contribution < -0.4 is 10.6 Å². The third kappa shape index (κ3) is 4.68. The normalized spacial score (nSPS) is 17.8. The smallest absolute Gasteiger partial charge is 0.416 e. The predicted molar refractivity (Wildman–Crippen MR) is 87.9 cm³/mol. The Morgan fingerprint density at radius 1 is 1.36 bits per heavy atom. The summed E-state index contributed by atoms with van der Waals surface area (Å²) in [6, 6.07) is 2.89. The highest BCUT2D eigenvalue weighted by Crippen LogP contribution is 2.33. The molecule has 0 aromatic heterocycles. The van der Waals surface area contributed by atoms with E-state index in [1.807, 2.05) is 6.26 Å². The van der Waals surface area contributed by atoms with Crippen LogP contribution in [0, 0.1) is 0 Å². The first kappa shape index (κ1) is 19.2. The molecule has 0 aliphatic carbocycles. The van der Waals surface area contributed by atoms with Gasteiger partial charge in [-0.2, -0.15) is 24.9 Å². The Balaban J connectivity index is 2.37. The molecule has 0 unspecified atom stereocenters. The zero-order valence-corrected chi connectivity index (χ0v) is 14.4. The fourth-order valence-corrected chi connectivity index (χ4v) is 2.65. The van der Waals surface area contributed by atoms with Crippen LogP contribution >= 0.6 is 11.8 Å². The number of ether oxygens (including phenoxy) is 1. The molecule has 0 saturated heterocycles. The molecule has 0 saturated carbocycles. The molecule has 1 heterocycles. The largest absolute Gasteiger partial charge is 0.461 e. The quantitative estimate of drug-likeness (QED) is 0.613. The zero-order chi connectivity index (χ0) is 18.6. The summed E-state index contributed by atoms with van der Waals surface area (Å²) < 4.78 is 44.0. The van der Waals surface area contributed by atoms with Crippen molar-refractivity contribution in [1.82, 2.24) is 10.6 Å². The molecule has 5 nitrogen and oxygen atoms in total. The number of carbonyl (C=O) groups excluding carboxylic acids is 2. The number of alkyl halides is 3. The zero-order valence-electron chi connectivity index (χ0n) is 13.6. The first-order valence-corrected chi connectivity index (χ1v) is 8.75. The average molecular weight is 374 g/mol. The molecular weight excluding hydrogens is 357 g/mol. The Kier molecular flexibility index (Phi) is 5.99. The van der Waals surface area contributed by atoms with Crippen LogP contribution in [0.25, 0.3) is 0 Å². The summed E-state index contributed by atoms with van der Waals surface area (Å²) in [5.41, 5.74) is -0.369. The van der Waals surface area contributed by atoms with E-state index in [-0.39, 0.29) is 23.4 Å². The first-order valence-electron chi connectivity index (χ1n) is 7.35. The number of urea groups is 1. The Hall–Kier alpha value is -2.16. The van der Waals surface area contributed by atoms with Crippen molar-refractivity contribution in [2.45, 2.75) is 19.1 Å². The maximum absolute atomic E-state index is 12.9. The third-order valence-electron chi connectivity index (χ3n) is 3.56. The summed E-state index contributed by atoms with van der Waals surface area (Å²) in [4.78, 5) is 24.1. The first-order chi connectivity index (χ1) is 11.7. The highest BCUT2D eigenvalue weighted by Gasteiger charge is 2.35. The van der Waals surface area contributed by atoms with Crippen molar-refractivity contribution >= 4 is 23.8 Å². The Morgan fingerprint density at radius 3 is 2.72 bits per heavy atom. The molecule has 1 aromatic rings. The van der Waals surface area contributed by atoms with Crippen LogP contribution in [-0.4, -0.2) is 30.6 Å². The molecule has 2 rings (SSSR count). The van der Waals surface area contributed by atoms with E-state index in [1.54, 1.807) is 0 Å². The van der Waals surface area contributed by atoms with E-state index in [0.717, 1.165) is 12.1 Å². The number of rotatable bonds is 5. The molecule has 1 aromatic carbocycles. The van der Waals surface area contributed by atoms with Crippen molar-refractivity contribution in [3.63, 3.8) is 0 Å². The summed E-state index contributed by atoms with van der Waals surface area (Å²) >= 11 is 1.49. The number of nitrogens with one attached hydrogen (secondary N) is 2. The van der Waals surface area contributed by atoms with Gasteiger partial charge in [-0.15, -0.1) is 0 Å². The molecular formula is C16H17F3N2O3S. The molecule has 1 aliphatic heterocycles. The number of carbonyl (C=O) groups is 2. The van der Waals surface area contributed by atoms with Gasteiger partial charge in [-0.1, -0.05) is 12.1 Å². The molecule has 0 fully saturated rings. The van der Waals surface area contributed by atoms with Gasteiger partial charge in [-0.05, 0) is 30.9 Å². The molecule has 2 amide bonds. The van der Waals surface area contributed by atoms with Crippen LogP contribution in [0.4, 0.5) is 18.0 Å². The highest BCUT2D eigenvalue weighted by atomic mass is 32.2. The molecule has 9 heteroatoms. The van der Waals surface area contributed by atoms with E-state index in [2.05, 4.69) is 10.6 Å². The minimum Gasteiger partial charge on any atom is -0.461 e. The van der Waals surface area contributed by atoms with E-state index in [9.17, 15) is 22.8 Å². The van der Waals surface area contributed by atoms with Gasteiger partial charge in [0.15, 0.2) is 0 Å². The highest BCUT2D eigenvalue weighted by molar-refractivity contribution is 7.98. The van der Waals surface area contributed by atoms with E-state index in [0.29, 0.717) is 5.75 Å². The maximum atomic E-state index is 12.9. The van der Waals surface area contributed by atoms with Crippen LogP contribution in [0.3, 0.4) is 0 Å². The minimum atomic E-state index is -4.52. The number of benzene rings is 1. The predicted octanol–water partition coefficient (Wildman–Crippen LogP) is 3.24. The van der Waals surface area contributed by atoms with Crippen LogP contribution in [0.2, 0.25) is 0 Å². The van der Waals surface area contributed by atoms with Gasteiger partial charge in [0.1, 0.15) is 6.61 Å². The van der Waals surface area contributed by atoms with Crippen LogP contribution in [-0.2, 0) is 15.7 Å². The van der Waals surface area contributed by atoms with Gasteiger partial charge in [0, 0.05) is 11.4 Å². The van der Waals surface area contributed by atoms with E-state index in [1.165, 1.54) is 30.8 Å². The van der Waals surface area contributed by atoms with Crippen LogP contribution in [0.1, 0.15) is 24.1 Å². The monoisotopic (exact) mass is 374 g/mol. The maximum Gasteiger partial charge on any atom is 0.416 e. The van der Waals surface area contributed by atoms with Crippen molar-refractivity contribution in [2.75, 3.05) is 18.6 Å². The lowest BCUT2D eigenvalue weighted by molar-refractivity contribution is -0.139.